The van der Waals surface area contributed by atoms with Gasteiger partial charge in [-0.3, -0.25) is 4.79 Å². The first-order valence-corrected chi connectivity index (χ1v) is 8.18. The predicted octanol–water partition coefficient (Wildman–Crippen LogP) is 3.81. The fraction of sp³-hybridized carbons (Fsp3) is 0.176. The predicted molar refractivity (Wildman–Crippen MR) is 87.9 cm³/mol. The van der Waals surface area contributed by atoms with Gasteiger partial charge in [-0.15, -0.1) is 11.8 Å². The average Bonchev–Trinajstić information content (AvgIpc) is 2.59. The number of hydrogen-bond donors (Lipinski definition) is 2. The highest BCUT2D eigenvalue weighted by molar-refractivity contribution is 7.99. The maximum Gasteiger partial charge on any atom is 0.417 e. The Morgan fingerprint density at radius 1 is 1.27 bits per heavy atom. The second-order valence-corrected chi connectivity index (χ2v) is 6.24. The van der Waals surface area contributed by atoms with Crippen LogP contribution < -0.4 is 5.32 Å². The number of alkyl halides is 3. The number of halogens is 4. The zero-order valence-corrected chi connectivity index (χ0v) is 13.9. The molecule has 1 atom stereocenters. The summed E-state index contributed by atoms with van der Waals surface area (Å²) in [7, 11) is 0. The van der Waals surface area contributed by atoms with E-state index in [-0.39, 0.29) is 11.4 Å². The highest BCUT2D eigenvalue weighted by Gasteiger charge is 2.34. The van der Waals surface area contributed by atoms with Gasteiger partial charge in [0, 0.05) is 16.3 Å². The third kappa shape index (κ3) is 5.21. The summed E-state index contributed by atoms with van der Waals surface area (Å²) < 4.78 is 51.8. The minimum Gasteiger partial charge on any atom is -0.382 e. The SMILES string of the molecule is N#Cc1ccc(NC(=O)[C@H](O)CSc2cccc(F)c2)cc1C(F)(F)F. The molecule has 0 heterocycles. The van der Waals surface area contributed by atoms with E-state index in [0.29, 0.717) is 11.0 Å². The summed E-state index contributed by atoms with van der Waals surface area (Å²) in [6.45, 7) is 0. The summed E-state index contributed by atoms with van der Waals surface area (Å²) in [4.78, 5) is 12.4. The monoisotopic (exact) mass is 384 g/mol. The first kappa shape index (κ1) is 19.8. The van der Waals surface area contributed by atoms with E-state index in [2.05, 4.69) is 5.32 Å². The second kappa shape index (κ2) is 8.21. The number of amides is 1. The van der Waals surface area contributed by atoms with Crippen molar-refractivity contribution >= 4 is 23.4 Å². The number of anilines is 1. The van der Waals surface area contributed by atoms with Crippen molar-refractivity contribution in [1.29, 1.82) is 5.26 Å². The lowest BCUT2D eigenvalue weighted by molar-refractivity contribution is -0.137. The Balaban J connectivity index is 2.03. The van der Waals surface area contributed by atoms with Crippen molar-refractivity contribution in [3.05, 3.63) is 59.4 Å². The van der Waals surface area contributed by atoms with Gasteiger partial charge in [0.25, 0.3) is 5.91 Å². The molecule has 2 N–H and O–H groups in total. The first-order valence-electron chi connectivity index (χ1n) is 7.19. The van der Waals surface area contributed by atoms with E-state index >= 15 is 0 Å². The van der Waals surface area contributed by atoms with Crippen LogP contribution in [0, 0.1) is 17.1 Å². The summed E-state index contributed by atoms with van der Waals surface area (Å²) in [5.74, 6) is -1.49. The molecule has 2 aromatic rings. The van der Waals surface area contributed by atoms with E-state index in [1.54, 1.807) is 6.07 Å². The molecule has 0 aliphatic carbocycles. The molecule has 0 radical (unpaired) electrons. The number of rotatable bonds is 5. The van der Waals surface area contributed by atoms with Crippen molar-refractivity contribution in [2.45, 2.75) is 17.2 Å². The number of nitriles is 1. The van der Waals surface area contributed by atoms with Gasteiger partial charge in [-0.2, -0.15) is 18.4 Å². The fourth-order valence-corrected chi connectivity index (χ4v) is 2.86. The summed E-state index contributed by atoms with van der Waals surface area (Å²) in [6.07, 6.45) is -6.27. The Morgan fingerprint density at radius 2 is 2.00 bits per heavy atom. The molecular weight excluding hydrogens is 372 g/mol. The normalized spacial score (nSPS) is 12.3. The van der Waals surface area contributed by atoms with E-state index in [9.17, 15) is 27.5 Å². The van der Waals surface area contributed by atoms with E-state index in [4.69, 9.17) is 5.26 Å². The van der Waals surface area contributed by atoms with Crippen LogP contribution in [0.1, 0.15) is 11.1 Å². The van der Waals surface area contributed by atoms with Crippen LogP contribution in [0.5, 0.6) is 0 Å². The number of hydrogen-bond acceptors (Lipinski definition) is 4. The minimum atomic E-state index is -4.75. The van der Waals surface area contributed by atoms with Gasteiger partial charge in [0.05, 0.1) is 17.2 Å². The average molecular weight is 384 g/mol. The van der Waals surface area contributed by atoms with E-state index in [0.717, 1.165) is 23.9 Å². The largest absolute Gasteiger partial charge is 0.417 e. The molecular formula is C17H12F4N2O2S. The topological polar surface area (TPSA) is 73.1 Å². The van der Waals surface area contributed by atoms with Crippen LogP contribution in [0.15, 0.2) is 47.4 Å². The highest BCUT2D eigenvalue weighted by Crippen LogP contribution is 2.33. The second-order valence-electron chi connectivity index (χ2n) is 5.14. The third-order valence-electron chi connectivity index (χ3n) is 3.22. The van der Waals surface area contributed by atoms with Gasteiger partial charge in [-0.1, -0.05) is 6.07 Å². The maximum absolute atomic E-state index is 13.1. The van der Waals surface area contributed by atoms with Gasteiger partial charge >= 0.3 is 6.18 Å². The number of nitrogens with one attached hydrogen (secondary N) is 1. The van der Waals surface area contributed by atoms with Crippen molar-refractivity contribution in [3.63, 3.8) is 0 Å². The first-order chi connectivity index (χ1) is 12.2. The van der Waals surface area contributed by atoms with Gasteiger partial charge in [0.15, 0.2) is 0 Å². The smallest absolute Gasteiger partial charge is 0.382 e. The van der Waals surface area contributed by atoms with Crippen molar-refractivity contribution < 1.29 is 27.5 Å². The molecule has 2 aromatic carbocycles. The quantitative estimate of drug-likeness (QED) is 0.607. The lowest BCUT2D eigenvalue weighted by Gasteiger charge is -2.14. The van der Waals surface area contributed by atoms with Crippen LogP contribution in [0.2, 0.25) is 0 Å². The number of aliphatic hydroxyl groups is 1. The van der Waals surface area contributed by atoms with Crippen molar-refractivity contribution in [3.8, 4) is 6.07 Å². The van der Waals surface area contributed by atoms with E-state index in [1.165, 1.54) is 24.3 Å². The molecule has 2 rings (SSSR count). The van der Waals surface area contributed by atoms with Crippen molar-refractivity contribution in [1.82, 2.24) is 0 Å². The molecule has 0 aromatic heterocycles. The molecule has 9 heteroatoms. The molecule has 0 aliphatic heterocycles. The van der Waals surface area contributed by atoms with E-state index in [1.807, 2.05) is 0 Å². The number of benzene rings is 2. The van der Waals surface area contributed by atoms with Crippen LogP contribution in [-0.2, 0) is 11.0 Å². The number of thioether (sulfide) groups is 1. The van der Waals surface area contributed by atoms with Crippen molar-refractivity contribution in [2.24, 2.45) is 0 Å². The number of carbonyl (C=O) groups excluding carboxylic acids is 1. The molecule has 1 amide bonds. The Hall–Kier alpha value is -2.57. The molecule has 0 fully saturated rings. The van der Waals surface area contributed by atoms with Gasteiger partial charge in [0.1, 0.15) is 11.9 Å². The molecule has 4 nitrogen and oxygen atoms in total. The van der Waals surface area contributed by atoms with Crippen molar-refractivity contribution in [2.75, 3.05) is 11.1 Å². The maximum atomic E-state index is 13.1. The van der Waals surface area contributed by atoms with Gasteiger partial charge in [-0.05, 0) is 36.4 Å². The summed E-state index contributed by atoms with van der Waals surface area (Å²) in [6, 6.07) is 9.67. The Labute approximate surface area is 150 Å². The number of aliphatic hydroxyl groups excluding tert-OH is 1. The summed E-state index contributed by atoms with van der Waals surface area (Å²) in [5.41, 5.74) is -1.95. The van der Waals surface area contributed by atoms with Crippen LogP contribution >= 0.6 is 11.8 Å². The Morgan fingerprint density at radius 3 is 2.62 bits per heavy atom. The summed E-state index contributed by atoms with van der Waals surface area (Å²) in [5, 5.41) is 20.7. The standard InChI is InChI=1S/C17H12F4N2O2S/c18-11-2-1-3-13(6-11)26-9-15(24)16(25)23-12-5-4-10(8-22)14(7-12)17(19,20)21/h1-7,15,24H,9H2,(H,23,25)/t15-/m1/s1. The minimum absolute atomic E-state index is 0.113. The lowest BCUT2D eigenvalue weighted by atomic mass is 10.1. The highest BCUT2D eigenvalue weighted by atomic mass is 32.2. The Kier molecular flexibility index (Phi) is 6.23. The molecule has 136 valence electrons. The molecule has 0 saturated carbocycles. The molecule has 0 spiro atoms. The molecule has 0 bridgehead atoms. The fourth-order valence-electron chi connectivity index (χ4n) is 1.99. The molecule has 0 saturated heterocycles. The third-order valence-corrected chi connectivity index (χ3v) is 4.29. The lowest BCUT2D eigenvalue weighted by Crippen LogP contribution is -2.29. The zero-order valence-electron chi connectivity index (χ0n) is 13.0. The molecule has 0 aliphatic rings. The van der Waals surface area contributed by atoms with Crippen LogP contribution in [-0.4, -0.2) is 22.9 Å². The number of nitrogens with zero attached hydrogens (tertiary/aromatic N) is 1. The van der Waals surface area contributed by atoms with Gasteiger partial charge in [-0.25, -0.2) is 4.39 Å². The molecule has 0 unspecified atom stereocenters. The van der Waals surface area contributed by atoms with Crippen LogP contribution in [0.4, 0.5) is 23.2 Å². The van der Waals surface area contributed by atoms with Crippen LogP contribution in [0.3, 0.4) is 0 Å². The Bertz CT molecular complexity index is 849. The number of carbonyl (C=O) groups is 1. The zero-order chi connectivity index (χ0) is 19.3. The van der Waals surface area contributed by atoms with Crippen LogP contribution in [0.25, 0.3) is 0 Å². The summed E-state index contributed by atoms with van der Waals surface area (Å²) >= 11 is 1.02. The van der Waals surface area contributed by atoms with Gasteiger partial charge in [0.2, 0.25) is 0 Å². The molecule has 26 heavy (non-hydrogen) atoms. The van der Waals surface area contributed by atoms with E-state index < -0.39 is 35.1 Å². The van der Waals surface area contributed by atoms with Gasteiger partial charge < -0.3 is 10.4 Å².